The Balaban J connectivity index is 1.74. The van der Waals surface area contributed by atoms with Crippen LogP contribution in [0, 0.1) is 10.1 Å². The number of hydrogen-bond acceptors (Lipinski definition) is 4. The van der Waals surface area contributed by atoms with Crippen LogP contribution in [0.4, 0.5) is 11.4 Å². The van der Waals surface area contributed by atoms with Gasteiger partial charge in [-0.15, -0.1) is 0 Å². The van der Waals surface area contributed by atoms with Gasteiger partial charge in [-0.3, -0.25) is 10.1 Å². The van der Waals surface area contributed by atoms with Crippen LogP contribution in [-0.4, -0.2) is 17.7 Å². The molecule has 2 aromatic carbocycles. The molecule has 2 atom stereocenters. The molecule has 0 unspecified atom stereocenters. The number of anilines is 1. The molecule has 0 aromatic heterocycles. The van der Waals surface area contributed by atoms with Gasteiger partial charge in [0.05, 0.1) is 10.3 Å². The fourth-order valence-corrected chi connectivity index (χ4v) is 5.25. The highest BCUT2D eigenvalue weighted by Crippen LogP contribution is 2.61. The Morgan fingerprint density at radius 1 is 1.23 bits per heavy atom. The van der Waals surface area contributed by atoms with Crippen LogP contribution in [0.25, 0.3) is 6.08 Å². The molecule has 1 fully saturated rings. The largest absolute Gasteiger partial charge is 0.462 e. The molecule has 0 saturated heterocycles. The Morgan fingerprint density at radius 3 is 2.85 bits per heavy atom. The molecule has 0 radical (unpaired) electrons. The predicted molar refractivity (Wildman–Crippen MR) is 100 cm³/mol. The second-order valence-corrected chi connectivity index (χ2v) is 7.66. The molecule has 1 spiro atoms. The minimum absolute atomic E-state index is 0.0989. The molecule has 2 aliphatic heterocycles. The van der Waals surface area contributed by atoms with E-state index in [-0.39, 0.29) is 16.0 Å². The van der Waals surface area contributed by atoms with E-state index in [4.69, 9.17) is 4.74 Å². The first-order valence-corrected chi connectivity index (χ1v) is 8.99. The number of nitrogens with zero attached hydrogens (tertiary/aromatic N) is 2. The van der Waals surface area contributed by atoms with E-state index in [2.05, 4.69) is 49.2 Å². The zero-order valence-electron chi connectivity index (χ0n) is 14.9. The average Bonchev–Trinajstić information content (AvgIpc) is 2.84. The van der Waals surface area contributed by atoms with Gasteiger partial charge in [0.15, 0.2) is 0 Å². The first kappa shape index (κ1) is 15.4. The summed E-state index contributed by atoms with van der Waals surface area (Å²) in [6.07, 6.45) is 5.19. The van der Waals surface area contributed by atoms with E-state index in [1.54, 1.807) is 12.1 Å². The molecule has 5 rings (SSSR count). The van der Waals surface area contributed by atoms with Crippen LogP contribution in [0.5, 0.6) is 5.75 Å². The third-order valence-electron chi connectivity index (χ3n) is 6.43. The van der Waals surface area contributed by atoms with Gasteiger partial charge in [-0.05, 0) is 55.5 Å². The van der Waals surface area contributed by atoms with Crippen molar-refractivity contribution in [2.45, 2.75) is 37.3 Å². The van der Waals surface area contributed by atoms with Crippen LogP contribution in [0.3, 0.4) is 0 Å². The standard InChI is InChI=1S/C21H20N2O3/c1-20-11-5-6-15-12-14-13-16(23(24)25)9-10-19(14)26-21(15,20)22(2)18-8-4-3-7-17(18)20/h3-4,7-10,12-13H,5-6,11H2,1-2H3/t20-,21+/m1/s1. The zero-order chi connectivity index (χ0) is 18.1. The van der Waals surface area contributed by atoms with Crippen molar-refractivity contribution >= 4 is 17.5 Å². The topological polar surface area (TPSA) is 55.6 Å². The second kappa shape index (κ2) is 4.87. The minimum atomic E-state index is -0.557. The van der Waals surface area contributed by atoms with Crippen LogP contribution < -0.4 is 9.64 Å². The van der Waals surface area contributed by atoms with E-state index in [1.807, 2.05) is 0 Å². The van der Waals surface area contributed by atoms with Crippen molar-refractivity contribution in [1.82, 2.24) is 0 Å². The monoisotopic (exact) mass is 348 g/mol. The van der Waals surface area contributed by atoms with Gasteiger partial charge < -0.3 is 9.64 Å². The molecule has 5 nitrogen and oxygen atoms in total. The van der Waals surface area contributed by atoms with Crippen molar-refractivity contribution in [1.29, 1.82) is 0 Å². The lowest BCUT2D eigenvalue weighted by Crippen LogP contribution is -2.63. The molecule has 3 aliphatic rings. The molecule has 2 heterocycles. The number of non-ortho nitro benzene ring substituents is 1. The lowest BCUT2D eigenvalue weighted by Gasteiger charge is -2.53. The molecule has 5 heteroatoms. The van der Waals surface area contributed by atoms with Crippen molar-refractivity contribution < 1.29 is 9.66 Å². The highest BCUT2D eigenvalue weighted by molar-refractivity contribution is 5.76. The second-order valence-electron chi connectivity index (χ2n) is 7.66. The molecule has 2 aromatic rings. The number of fused-ring (bicyclic) bond motifs is 3. The van der Waals surface area contributed by atoms with Gasteiger partial charge in [-0.25, -0.2) is 0 Å². The van der Waals surface area contributed by atoms with Crippen LogP contribution in [-0.2, 0) is 5.41 Å². The summed E-state index contributed by atoms with van der Waals surface area (Å²) in [5.41, 5.74) is 3.92. The van der Waals surface area contributed by atoms with Crippen molar-refractivity contribution in [3.05, 3.63) is 69.3 Å². The quantitative estimate of drug-likeness (QED) is 0.556. The Hall–Kier alpha value is -2.82. The van der Waals surface area contributed by atoms with Gasteiger partial charge in [-0.1, -0.05) is 18.2 Å². The summed E-state index contributed by atoms with van der Waals surface area (Å²) in [7, 11) is 2.10. The number of benzene rings is 2. The summed E-state index contributed by atoms with van der Waals surface area (Å²) in [5, 5.41) is 11.1. The Morgan fingerprint density at radius 2 is 2.04 bits per heavy atom. The van der Waals surface area contributed by atoms with Gasteiger partial charge in [0.25, 0.3) is 5.69 Å². The minimum Gasteiger partial charge on any atom is -0.462 e. The number of likely N-dealkylation sites (N-methyl/N-ethyl adjacent to an activating group) is 1. The first-order chi connectivity index (χ1) is 12.5. The molecule has 0 amide bonds. The Kier molecular flexibility index (Phi) is 2.89. The Labute approximate surface area is 152 Å². The predicted octanol–water partition coefficient (Wildman–Crippen LogP) is 4.66. The van der Waals surface area contributed by atoms with Crippen molar-refractivity contribution in [2.24, 2.45) is 0 Å². The third kappa shape index (κ3) is 1.66. The van der Waals surface area contributed by atoms with Gasteiger partial charge in [0.1, 0.15) is 5.75 Å². The molecule has 0 N–H and O–H groups in total. The summed E-state index contributed by atoms with van der Waals surface area (Å²) in [5.74, 6) is 0.715. The first-order valence-electron chi connectivity index (χ1n) is 8.99. The summed E-state index contributed by atoms with van der Waals surface area (Å²) in [6, 6.07) is 13.4. The molecule has 26 heavy (non-hydrogen) atoms. The number of nitro groups is 1. The summed E-state index contributed by atoms with van der Waals surface area (Å²) in [6.45, 7) is 2.29. The fraction of sp³-hybridized carbons (Fsp3) is 0.333. The molecule has 1 aliphatic carbocycles. The summed E-state index contributed by atoms with van der Waals surface area (Å²) < 4.78 is 6.71. The number of nitro benzene ring substituents is 1. The average molecular weight is 348 g/mol. The lowest BCUT2D eigenvalue weighted by molar-refractivity contribution is -0.384. The number of ether oxygens (including phenoxy) is 1. The maximum absolute atomic E-state index is 11.1. The molecule has 1 saturated carbocycles. The normalized spacial score (nSPS) is 28.2. The number of hydrogen-bond donors (Lipinski definition) is 0. The highest BCUT2D eigenvalue weighted by Gasteiger charge is 2.64. The van der Waals surface area contributed by atoms with Crippen LogP contribution in [0.2, 0.25) is 0 Å². The van der Waals surface area contributed by atoms with E-state index in [9.17, 15) is 10.1 Å². The van der Waals surface area contributed by atoms with E-state index in [0.717, 1.165) is 24.8 Å². The maximum Gasteiger partial charge on any atom is 0.270 e. The van der Waals surface area contributed by atoms with E-state index in [0.29, 0.717) is 5.75 Å². The van der Waals surface area contributed by atoms with E-state index >= 15 is 0 Å². The molecule has 132 valence electrons. The van der Waals surface area contributed by atoms with Crippen LogP contribution in [0.15, 0.2) is 48.0 Å². The number of para-hydroxylation sites is 1. The van der Waals surface area contributed by atoms with Gasteiger partial charge in [0, 0.05) is 30.4 Å². The summed E-state index contributed by atoms with van der Waals surface area (Å²) >= 11 is 0. The fourth-order valence-electron chi connectivity index (χ4n) is 5.25. The van der Waals surface area contributed by atoms with Crippen molar-refractivity contribution in [3.63, 3.8) is 0 Å². The number of rotatable bonds is 1. The van der Waals surface area contributed by atoms with Gasteiger partial charge in [-0.2, -0.15) is 0 Å². The third-order valence-corrected chi connectivity index (χ3v) is 6.43. The SMILES string of the molecule is CN1c2ccccc2[C@@]2(C)CCCC3=Cc4cc([N+](=O)[O-])ccc4O[C@]312. The highest BCUT2D eigenvalue weighted by atomic mass is 16.6. The molecular formula is C21H20N2O3. The Bertz CT molecular complexity index is 983. The summed E-state index contributed by atoms with van der Waals surface area (Å²) in [4.78, 5) is 13.0. The van der Waals surface area contributed by atoms with Crippen molar-refractivity contribution in [3.8, 4) is 5.75 Å². The van der Waals surface area contributed by atoms with Crippen LogP contribution in [0.1, 0.15) is 37.3 Å². The van der Waals surface area contributed by atoms with Crippen LogP contribution >= 0.6 is 0 Å². The van der Waals surface area contributed by atoms with E-state index in [1.165, 1.54) is 22.9 Å². The van der Waals surface area contributed by atoms with Gasteiger partial charge >= 0.3 is 0 Å². The van der Waals surface area contributed by atoms with Gasteiger partial charge in [0.2, 0.25) is 5.72 Å². The smallest absolute Gasteiger partial charge is 0.270 e. The molecular weight excluding hydrogens is 328 g/mol. The molecule has 0 bridgehead atoms. The maximum atomic E-state index is 11.1. The zero-order valence-corrected chi connectivity index (χ0v) is 14.9. The van der Waals surface area contributed by atoms with E-state index < -0.39 is 5.72 Å². The van der Waals surface area contributed by atoms with Crippen molar-refractivity contribution in [2.75, 3.05) is 11.9 Å². The lowest BCUT2D eigenvalue weighted by atomic mass is 9.64.